The first kappa shape index (κ1) is 14.1. The third-order valence-corrected chi connectivity index (χ3v) is 2.30. The first-order valence-corrected chi connectivity index (χ1v) is 5.75. The van der Waals surface area contributed by atoms with E-state index in [0.717, 1.165) is 0 Å². The summed E-state index contributed by atoms with van der Waals surface area (Å²) in [7, 11) is 0. The summed E-state index contributed by atoms with van der Waals surface area (Å²) in [6.07, 6.45) is 0.00245. The van der Waals surface area contributed by atoms with Gasteiger partial charge in [0, 0.05) is 11.4 Å². The Morgan fingerprint density at radius 1 is 1.41 bits per heavy atom. The van der Waals surface area contributed by atoms with E-state index >= 15 is 0 Å². The maximum absolute atomic E-state index is 13.4. The van der Waals surface area contributed by atoms with Crippen LogP contribution in [-0.2, 0) is 16.0 Å². The third-order valence-electron chi connectivity index (χ3n) is 2.06. The minimum absolute atomic E-state index is 0.00245. The smallest absolute Gasteiger partial charge is 0.162 e. The van der Waals surface area contributed by atoms with Crippen LogP contribution in [0.15, 0.2) is 18.2 Å². The van der Waals surface area contributed by atoms with Crippen molar-refractivity contribution in [2.45, 2.75) is 32.8 Å². The monoisotopic (exact) mass is 258 g/mol. The lowest BCUT2D eigenvalue weighted by Crippen LogP contribution is -2.24. The third kappa shape index (κ3) is 5.29. The van der Waals surface area contributed by atoms with E-state index < -0.39 is 5.82 Å². The number of benzene rings is 1. The highest BCUT2D eigenvalue weighted by Crippen LogP contribution is 2.16. The Morgan fingerprint density at radius 3 is 2.65 bits per heavy atom. The second-order valence-corrected chi connectivity index (χ2v) is 5.29. The van der Waals surface area contributed by atoms with Gasteiger partial charge in [0.15, 0.2) is 5.78 Å². The number of halogens is 2. The minimum atomic E-state index is -0.418. The Hall–Kier alpha value is -0.930. The molecule has 1 rings (SSSR count). The van der Waals surface area contributed by atoms with Gasteiger partial charge >= 0.3 is 0 Å². The van der Waals surface area contributed by atoms with E-state index in [-0.39, 0.29) is 24.4 Å². The van der Waals surface area contributed by atoms with E-state index in [1.807, 2.05) is 20.8 Å². The molecule has 0 bridgehead atoms. The minimum Gasteiger partial charge on any atom is -0.368 e. The molecule has 0 heterocycles. The predicted octanol–water partition coefficient (Wildman–Crippen LogP) is 3.41. The molecule has 0 saturated heterocycles. The van der Waals surface area contributed by atoms with Crippen LogP contribution in [0.1, 0.15) is 26.3 Å². The van der Waals surface area contributed by atoms with Gasteiger partial charge in [0.1, 0.15) is 12.4 Å². The lowest BCUT2D eigenvalue weighted by atomic mass is 10.1. The summed E-state index contributed by atoms with van der Waals surface area (Å²) in [4.78, 5) is 11.6. The topological polar surface area (TPSA) is 26.3 Å². The van der Waals surface area contributed by atoms with Crippen LogP contribution in [0.2, 0.25) is 5.02 Å². The summed E-state index contributed by atoms with van der Waals surface area (Å²) in [6, 6.07) is 4.18. The fourth-order valence-electron chi connectivity index (χ4n) is 1.24. The first-order chi connectivity index (χ1) is 7.78. The fourth-order valence-corrected chi connectivity index (χ4v) is 1.43. The Balaban J connectivity index is 2.59. The standard InChI is InChI=1S/C13H16ClFO2/c1-13(2,3)17-8-11(16)7-9-6-10(14)4-5-12(9)15/h4-6H,7-8H2,1-3H3. The Labute approximate surface area is 106 Å². The summed E-state index contributed by atoms with van der Waals surface area (Å²) in [5.74, 6) is -0.584. The second kappa shape index (κ2) is 5.61. The summed E-state index contributed by atoms with van der Waals surface area (Å²) in [6.45, 7) is 5.57. The van der Waals surface area contributed by atoms with Gasteiger partial charge < -0.3 is 4.74 Å². The lowest BCUT2D eigenvalue weighted by molar-refractivity contribution is -0.127. The normalized spacial score (nSPS) is 11.6. The van der Waals surface area contributed by atoms with Crippen molar-refractivity contribution in [1.82, 2.24) is 0 Å². The van der Waals surface area contributed by atoms with Crippen molar-refractivity contribution in [3.63, 3.8) is 0 Å². The average molecular weight is 259 g/mol. The van der Waals surface area contributed by atoms with Gasteiger partial charge in [-0.15, -0.1) is 0 Å². The molecule has 0 amide bonds. The van der Waals surface area contributed by atoms with E-state index in [2.05, 4.69) is 0 Å². The lowest BCUT2D eigenvalue weighted by Gasteiger charge is -2.18. The molecule has 0 unspecified atom stereocenters. The molecular weight excluding hydrogens is 243 g/mol. The van der Waals surface area contributed by atoms with E-state index in [9.17, 15) is 9.18 Å². The first-order valence-electron chi connectivity index (χ1n) is 5.37. The van der Waals surface area contributed by atoms with Crippen LogP contribution >= 0.6 is 11.6 Å². The molecule has 0 atom stereocenters. The van der Waals surface area contributed by atoms with Gasteiger partial charge in [-0.05, 0) is 44.5 Å². The molecule has 0 aliphatic carbocycles. The Kier molecular flexibility index (Phi) is 4.66. The zero-order chi connectivity index (χ0) is 13.1. The number of Topliss-reactive ketones (excluding diaryl/α,β-unsaturated/α-hetero) is 1. The Morgan fingerprint density at radius 2 is 2.06 bits per heavy atom. The van der Waals surface area contributed by atoms with Crippen molar-refractivity contribution in [3.8, 4) is 0 Å². The average Bonchev–Trinajstić information content (AvgIpc) is 2.20. The molecule has 0 spiro atoms. The van der Waals surface area contributed by atoms with Crippen LogP contribution < -0.4 is 0 Å². The number of rotatable bonds is 4. The number of ether oxygens (including phenoxy) is 1. The zero-order valence-corrected chi connectivity index (χ0v) is 11.0. The summed E-state index contributed by atoms with van der Waals surface area (Å²) >= 11 is 5.74. The molecule has 0 aliphatic heterocycles. The van der Waals surface area contributed by atoms with E-state index in [1.165, 1.54) is 18.2 Å². The molecule has 94 valence electrons. The molecule has 0 aromatic heterocycles. The number of ketones is 1. The number of hydrogen-bond acceptors (Lipinski definition) is 2. The van der Waals surface area contributed by atoms with Gasteiger partial charge in [0.2, 0.25) is 0 Å². The summed E-state index contributed by atoms with van der Waals surface area (Å²) in [5.41, 5.74) is -0.0669. The van der Waals surface area contributed by atoms with Crippen molar-refractivity contribution in [3.05, 3.63) is 34.6 Å². The SMILES string of the molecule is CC(C)(C)OCC(=O)Cc1cc(Cl)ccc1F. The molecular formula is C13H16ClFO2. The molecule has 17 heavy (non-hydrogen) atoms. The van der Waals surface area contributed by atoms with Crippen molar-refractivity contribution in [1.29, 1.82) is 0 Å². The molecule has 4 heteroatoms. The molecule has 0 fully saturated rings. The van der Waals surface area contributed by atoms with Crippen LogP contribution in [0.25, 0.3) is 0 Å². The molecule has 2 nitrogen and oxygen atoms in total. The molecule has 1 aromatic rings. The molecule has 0 radical (unpaired) electrons. The second-order valence-electron chi connectivity index (χ2n) is 4.85. The van der Waals surface area contributed by atoms with E-state index in [0.29, 0.717) is 10.6 Å². The van der Waals surface area contributed by atoms with Crippen LogP contribution in [0.4, 0.5) is 4.39 Å². The summed E-state index contributed by atoms with van der Waals surface area (Å²) in [5, 5.41) is 0.422. The van der Waals surface area contributed by atoms with Crippen molar-refractivity contribution in [2.75, 3.05) is 6.61 Å². The van der Waals surface area contributed by atoms with Gasteiger partial charge in [-0.1, -0.05) is 11.6 Å². The van der Waals surface area contributed by atoms with Crippen molar-refractivity contribution < 1.29 is 13.9 Å². The highest BCUT2D eigenvalue weighted by Gasteiger charge is 2.14. The number of hydrogen-bond donors (Lipinski definition) is 0. The largest absolute Gasteiger partial charge is 0.368 e. The molecule has 0 aliphatic rings. The molecule has 0 saturated carbocycles. The highest BCUT2D eigenvalue weighted by molar-refractivity contribution is 6.30. The number of carbonyl (C=O) groups excluding carboxylic acids is 1. The zero-order valence-electron chi connectivity index (χ0n) is 10.2. The van der Waals surface area contributed by atoms with Gasteiger partial charge in [0.25, 0.3) is 0 Å². The van der Waals surface area contributed by atoms with Crippen LogP contribution in [0, 0.1) is 5.82 Å². The van der Waals surface area contributed by atoms with Crippen LogP contribution in [0.5, 0.6) is 0 Å². The summed E-state index contributed by atoms with van der Waals surface area (Å²) < 4.78 is 18.7. The van der Waals surface area contributed by atoms with Crippen molar-refractivity contribution >= 4 is 17.4 Å². The van der Waals surface area contributed by atoms with E-state index in [4.69, 9.17) is 16.3 Å². The van der Waals surface area contributed by atoms with Crippen LogP contribution in [0.3, 0.4) is 0 Å². The van der Waals surface area contributed by atoms with Crippen molar-refractivity contribution in [2.24, 2.45) is 0 Å². The maximum Gasteiger partial charge on any atom is 0.162 e. The van der Waals surface area contributed by atoms with Gasteiger partial charge in [-0.25, -0.2) is 4.39 Å². The molecule has 1 aromatic carbocycles. The Bertz CT molecular complexity index is 410. The molecule has 0 N–H and O–H groups in total. The highest BCUT2D eigenvalue weighted by atomic mass is 35.5. The maximum atomic E-state index is 13.4. The van der Waals surface area contributed by atoms with Gasteiger partial charge in [-0.3, -0.25) is 4.79 Å². The predicted molar refractivity (Wildman–Crippen MR) is 65.8 cm³/mol. The fraction of sp³-hybridized carbons (Fsp3) is 0.462. The number of carbonyl (C=O) groups is 1. The van der Waals surface area contributed by atoms with E-state index in [1.54, 1.807) is 0 Å². The van der Waals surface area contributed by atoms with Gasteiger partial charge in [-0.2, -0.15) is 0 Å². The van der Waals surface area contributed by atoms with Gasteiger partial charge in [0.05, 0.1) is 5.60 Å². The van der Waals surface area contributed by atoms with Crippen LogP contribution in [-0.4, -0.2) is 18.0 Å². The quantitative estimate of drug-likeness (QED) is 0.827.